The molecule has 0 saturated carbocycles. The lowest BCUT2D eigenvalue weighted by Crippen LogP contribution is -2.43. The van der Waals surface area contributed by atoms with E-state index < -0.39 is 0 Å². The summed E-state index contributed by atoms with van der Waals surface area (Å²) >= 11 is 5.97. The Morgan fingerprint density at radius 2 is 1.64 bits per heavy atom. The molecular weight excluding hydrogens is 299 g/mol. The Labute approximate surface area is 135 Å². The predicted molar refractivity (Wildman–Crippen MR) is 89.9 cm³/mol. The summed E-state index contributed by atoms with van der Waals surface area (Å²) in [5, 5.41) is 4.15. The predicted octanol–water partition coefficient (Wildman–Crippen LogP) is 4.24. The lowest BCUT2D eigenvalue weighted by atomic mass is 10.0. The van der Waals surface area contributed by atoms with Gasteiger partial charge in [0.15, 0.2) is 0 Å². The molecule has 1 aliphatic heterocycles. The van der Waals surface area contributed by atoms with Crippen molar-refractivity contribution in [3.8, 4) is 0 Å². The maximum Gasteiger partial charge on any atom is 0.123 e. The summed E-state index contributed by atoms with van der Waals surface area (Å²) in [6.07, 6.45) is 2.20. The van der Waals surface area contributed by atoms with Crippen LogP contribution < -0.4 is 10.2 Å². The van der Waals surface area contributed by atoms with E-state index >= 15 is 0 Å². The zero-order valence-electron chi connectivity index (χ0n) is 12.4. The fourth-order valence-corrected chi connectivity index (χ4v) is 3.09. The van der Waals surface area contributed by atoms with Gasteiger partial charge in [-0.15, -0.1) is 0 Å². The van der Waals surface area contributed by atoms with Gasteiger partial charge in [0.05, 0.1) is 0 Å². The molecule has 1 fully saturated rings. The van der Waals surface area contributed by atoms with E-state index in [9.17, 15) is 4.39 Å². The third-order valence-electron chi connectivity index (χ3n) is 4.17. The van der Waals surface area contributed by atoms with Crippen LogP contribution in [0.15, 0.2) is 48.5 Å². The van der Waals surface area contributed by atoms with Crippen LogP contribution in [-0.4, -0.2) is 19.1 Å². The third kappa shape index (κ3) is 3.79. The van der Waals surface area contributed by atoms with Crippen LogP contribution in [0.1, 0.15) is 18.4 Å². The molecule has 0 spiro atoms. The Balaban J connectivity index is 1.84. The molecule has 2 aromatic carbocycles. The average Bonchev–Trinajstić information content (AvgIpc) is 2.56. The smallest absolute Gasteiger partial charge is 0.123 e. The number of rotatable bonds is 4. The number of nitrogens with zero attached hydrogens (tertiary/aromatic N) is 1. The topological polar surface area (TPSA) is 15.3 Å². The fourth-order valence-electron chi connectivity index (χ4n) is 2.97. The molecule has 22 heavy (non-hydrogen) atoms. The van der Waals surface area contributed by atoms with Crippen LogP contribution in [-0.2, 0) is 6.54 Å². The molecule has 4 heteroatoms. The number of benzene rings is 2. The van der Waals surface area contributed by atoms with Gasteiger partial charge in [-0.25, -0.2) is 4.39 Å². The highest BCUT2D eigenvalue weighted by Crippen LogP contribution is 2.25. The van der Waals surface area contributed by atoms with Crippen LogP contribution >= 0.6 is 11.6 Å². The van der Waals surface area contributed by atoms with Crippen molar-refractivity contribution in [2.24, 2.45) is 0 Å². The normalized spacial score (nSPS) is 15.7. The molecule has 3 rings (SSSR count). The van der Waals surface area contributed by atoms with E-state index in [1.54, 1.807) is 0 Å². The Hall–Kier alpha value is -1.58. The van der Waals surface area contributed by atoms with E-state index in [4.69, 9.17) is 11.6 Å². The highest BCUT2D eigenvalue weighted by molar-refractivity contribution is 6.30. The van der Waals surface area contributed by atoms with Crippen LogP contribution in [0.3, 0.4) is 0 Å². The van der Waals surface area contributed by atoms with Crippen molar-refractivity contribution >= 4 is 17.3 Å². The van der Waals surface area contributed by atoms with Crippen molar-refractivity contribution in [3.63, 3.8) is 0 Å². The van der Waals surface area contributed by atoms with Gasteiger partial charge in [-0.2, -0.15) is 0 Å². The monoisotopic (exact) mass is 318 g/mol. The van der Waals surface area contributed by atoms with Gasteiger partial charge in [0.25, 0.3) is 0 Å². The molecule has 0 aromatic heterocycles. The molecule has 0 radical (unpaired) electrons. The molecule has 2 aromatic rings. The minimum Gasteiger partial charge on any atom is -0.364 e. The Bertz CT molecular complexity index is 591. The first-order valence-electron chi connectivity index (χ1n) is 7.70. The highest BCUT2D eigenvalue weighted by Gasteiger charge is 2.21. The van der Waals surface area contributed by atoms with Crippen LogP contribution in [0.5, 0.6) is 0 Å². The molecular formula is C18H20ClFN2. The van der Waals surface area contributed by atoms with Crippen molar-refractivity contribution in [1.82, 2.24) is 5.32 Å². The first kappa shape index (κ1) is 15.3. The van der Waals surface area contributed by atoms with Crippen LogP contribution in [0.25, 0.3) is 0 Å². The van der Waals surface area contributed by atoms with E-state index in [0.717, 1.165) is 43.2 Å². The molecule has 1 heterocycles. The highest BCUT2D eigenvalue weighted by atomic mass is 35.5. The van der Waals surface area contributed by atoms with E-state index in [0.29, 0.717) is 6.04 Å². The maximum absolute atomic E-state index is 13.2. The first-order chi connectivity index (χ1) is 10.7. The van der Waals surface area contributed by atoms with Crippen molar-refractivity contribution in [3.05, 3.63) is 64.9 Å². The van der Waals surface area contributed by atoms with E-state index in [2.05, 4.69) is 22.3 Å². The Morgan fingerprint density at radius 3 is 2.27 bits per heavy atom. The fraction of sp³-hybridized carbons (Fsp3) is 0.333. The molecule has 0 amide bonds. The lowest BCUT2D eigenvalue weighted by molar-refractivity contribution is 0.428. The SMILES string of the molecule is Fc1ccc(N(Cc2ccc(Cl)cc2)C2CCNCC2)cc1. The molecule has 1 saturated heterocycles. The average molecular weight is 319 g/mol. The maximum atomic E-state index is 13.2. The summed E-state index contributed by atoms with van der Waals surface area (Å²) in [7, 11) is 0. The molecule has 0 aliphatic carbocycles. The van der Waals surface area contributed by atoms with Crippen molar-refractivity contribution < 1.29 is 4.39 Å². The number of piperidine rings is 1. The van der Waals surface area contributed by atoms with Crippen LogP contribution in [0.2, 0.25) is 5.02 Å². The zero-order valence-corrected chi connectivity index (χ0v) is 13.2. The van der Waals surface area contributed by atoms with Gasteiger partial charge >= 0.3 is 0 Å². The molecule has 2 nitrogen and oxygen atoms in total. The quantitative estimate of drug-likeness (QED) is 0.907. The van der Waals surface area contributed by atoms with Crippen molar-refractivity contribution in [2.75, 3.05) is 18.0 Å². The summed E-state index contributed by atoms with van der Waals surface area (Å²) < 4.78 is 13.2. The second kappa shape index (κ2) is 7.12. The van der Waals surface area contributed by atoms with Gasteiger partial charge in [0.1, 0.15) is 5.82 Å². The minimum absolute atomic E-state index is 0.194. The molecule has 0 atom stereocenters. The van der Waals surface area contributed by atoms with Gasteiger partial charge in [-0.1, -0.05) is 23.7 Å². The first-order valence-corrected chi connectivity index (χ1v) is 8.07. The molecule has 0 unspecified atom stereocenters. The number of hydrogen-bond donors (Lipinski definition) is 1. The largest absolute Gasteiger partial charge is 0.364 e. The standard InChI is InChI=1S/C18H20ClFN2/c19-15-3-1-14(2-4-15)13-22(18-9-11-21-12-10-18)17-7-5-16(20)6-8-17/h1-8,18,21H,9-13H2. The third-order valence-corrected chi connectivity index (χ3v) is 4.43. The number of nitrogens with one attached hydrogen (secondary N) is 1. The molecule has 0 bridgehead atoms. The summed E-state index contributed by atoms with van der Waals surface area (Å²) in [6.45, 7) is 2.87. The number of halogens is 2. The van der Waals surface area contributed by atoms with Crippen molar-refractivity contribution in [2.45, 2.75) is 25.4 Å². The second-order valence-electron chi connectivity index (χ2n) is 5.71. The molecule has 1 N–H and O–H groups in total. The molecule has 116 valence electrons. The summed E-state index contributed by atoms with van der Waals surface area (Å²) in [6, 6.07) is 15.2. The lowest BCUT2D eigenvalue weighted by Gasteiger charge is -2.36. The van der Waals surface area contributed by atoms with Gasteiger partial charge in [0.2, 0.25) is 0 Å². The minimum atomic E-state index is -0.194. The Morgan fingerprint density at radius 1 is 1.00 bits per heavy atom. The molecule has 1 aliphatic rings. The van der Waals surface area contributed by atoms with Gasteiger partial charge < -0.3 is 10.2 Å². The summed E-state index contributed by atoms with van der Waals surface area (Å²) in [5.74, 6) is -0.194. The number of hydrogen-bond acceptors (Lipinski definition) is 2. The number of anilines is 1. The van der Waals surface area contributed by atoms with Gasteiger partial charge in [-0.3, -0.25) is 0 Å². The summed E-state index contributed by atoms with van der Waals surface area (Å²) in [4.78, 5) is 2.38. The second-order valence-corrected chi connectivity index (χ2v) is 6.15. The van der Waals surface area contributed by atoms with Crippen LogP contribution in [0.4, 0.5) is 10.1 Å². The van der Waals surface area contributed by atoms with Gasteiger partial charge in [0, 0.05) is 23.3 Å². The summed E-state index contributed by atoms with van der Waals surface area (Å²) in [5.41, 5.74) is 2.29. The van der Waals surface area contributed by atoms with E-state index in [1.165, 1.54) is 17.7 Å². The van der Waals surface area contributed by atoms with Crippen molar-refractivity contribution in [1.29, 1.82) is 0 Å². The van der Waals surface area contributed by atoms with Crippen LogP contribution in [0, 0.1) is 5.82 Å². The van der Waals surface area contributed by atoms with Gasteiger partial charge in [-0.05, 0) is 67.9 Å². The Kier molecular flexibility index (Phi) is 4.96. The van der Waals surface area contributed by atoms with E-state index in [1.807, 2.05) is 24.3 Å². The van der Waals surface area contributed by atoms with E-state index in [-0.39, 0.29) is 5.82 Å². The zero-order chi connectivity index (χ0) is 15.4.